The molecule has 4 nitrogen and oxygen atoms in total. The lowest BCUT2D eigenvalue weighted by atomic mass is 10.3. The Balaban J connectivity index is 2.00. The van der Waals surface area contributed by atoms with Crippen molar-refractivity contribution in [1.29, 1.82) is 0 Å². The van der Waals surface area contributed by atoms with Gasteiger partial charge in [0.05, 0.1) is 11.0 Å². The lowest BCUT2D eigenvalue weighted by molar-refractivity contribution is 1.29. The molecule has 0 fully saturated rings. The minimum atomic E-state index is 0.390. The van der Waals surface area contributed by atoms with E-state index in [0.717, 1.165) is 21.2 Å². The number of anilines is 3. The van der Waals surface area contributed by atoms with Crippen molar-refractivity contribution in [3.05, 3.63) is 53.0 Å². The van der Waals surface area contributed by atoms with Crippen LogP contribution in [0, 0.1) is 0 Å². The van der Waals surface area contributed by atoms with Crippen LogP contribution in [0.3, 0.4) is 0 Å². The Morgan fingerprint density at radius 2 is 1.53 bits per heavy atom. The molecule has 0 atom stereocenters. The monoisotopic (exact) mass is 314 g/mol. The van der Waals surface area contributed by atoms with Gasteiger partial charge in [-0.3, -0.25) is 0 Å². The van der Waals surface area contributed by atoms with Gasteiger partial charge >= 0.3 is 0 Å². The summed E-state index contributed by atoms with van der Waals surface area (Å²) in [6.45, 7) is 0. The van der Waals surface area contributed by atoms with Crippen LogP contribution in [-0.4, -0.2) is 9.97 Å². The molecule has 0 bridgehead atoms. The average molecular weight is 315 g/mol. The van der Waals surface area contributed by atoms with Crippen molar-refractivity contribution in [2.45, 2.75) is 0 Å². The standard InChI is InChI=1S/C14H11BrN4/c15-9-5-7-10(8-6-9)17-14-13(16)18-11-3-1-2-4-12(11)19-14/h1-8H,(H2,16,18)(H,17,19). The molecule has 3 N–H and O–H groups in total. The van der Waals surface area contributed by atoms with Gasteiger partial charge in [-0.25, -0.2) is 9.97 Å². The van der Waals surface area contributed by atoms with Gasteiger partial charge in [0.2, 0.25) is 0 Å². The summed E-state index contributed by atoms with van der Waals surface area (Å²) in [4.78, 5) is 8.81. The van der Waals surface area contributed by atoms with Crippen LogP contribution in [0.5, 0.6) is 0 Å². The Labute approximate surface area is 118 Å². The van der Waals surface area contributed by atoms with Gasteiger partial charge in [0.25, 0.3) is 0 Å². The largest absolute Gasteiger partial charge is 0.381 e. The number of hydrogen-bond donors (Lipinski definition) is 2. The third-order valence-corrected chi connectivity index (χ3v) is 3.23. The molecule has 3 aromatic rings. The van der Waals surface area contributed by atoms with E-state index in [9.17, 15) is 0 Å². The van der Waals surface area contributed by atoms with Gasteiger partial charge in [0, 0.05) is 10.2 Å². The molecule has 2 aromatic carbocycles. The number of para-hydroxylation sites is 2. The molecule has 0 radical (unpaired) electrons. The van der Waals surface area contributed by atoms with E-state index < -0.39 is 0 Å². The van der Waals surface area contributed by atoms with Gasteiger partial charge in [0.15, 0.2) is 11.6 Å². The molecule has 0 aliphatic heterocycles. The summed E-state index contributed by atoms with van der Waals surface area (Å²) in [5.41, 5.74) is 8.44. The smallest absolute Gasteiger partial charge is 0.174 e. The fourth-order valence-electron chi connectivity index (χ4n) is 1.78. The van der Waals surface area contributed by atoms with Gasteiger partial charge in [-0.1, -0.05) is 28.1 Å². The number of nitrogens with one attached hydrogen (secondary N) is 1. The van der Waals surface area contributed by atoms with E-state index in [1.165, 1.54) is 0 Å². The quantitative estimate of drug-likeness (QED) is 0.756. The molecule has 19 heavy (non-hydrogen) atoms. The van der Waals surface area contributed by atoms with E-state index in [0.29, 0.717) is 11.6 Å². The highest BCUT2D eigenvalue weighted by Crippen LogP contribution is 2.23. The molecule has 0 aliphatic carbocycles. The summed E-state index contributed by atoms with van der Waals surface area (Å²) in [6, 6.07) is 15.4. The Hall–Kier alpha value is -2.14. The zero-order valence-corrected chi connectivity index (χ0v) is 11.6. The van der Waals surface area contributed by atoms with Crippen LogP contribution in [0.2, 0.25) is 0 Å². The Morgan fingerprint density at radius 1 is 0.895 bits per heavy atom. The zero-order valence-electron chi connectivity index (χ0n) is 9.97. The Morgan fingerprint density at radius 3 is 2.21 bits per heavy atom. The molecule has 0 amide bonds. The molecule has 5 heteroatoms. The maximum absolute atomic E-state index is 5.92. The number of aromatic nitrogens is 2. The third kappa shape index (κ3) is 2.51. The topological polar surface area (TPSA) is 63.8 Å². The minimum absolute atomic E-state index is 0.390. The van der Waals surface area contributed by atoms with Crippen LogP contribution in [0.4, 0.5) is 17.3 Å². The van der Waals surface area contributed by atoms with Crippen molar-refractivity contribution in [1.82, 2.24) is 9.97 Å². The summed E-state index contributed by atoms with van der Waals surface area (Å²) >= 11 is 3.40. The Kier molecular flexibility index (Phi) is 3.05. The molecule has 0 aliphatic rings. The number of hydrogen-bond acceptors (Lipinski definition) is 4. The van der Waals surface area contributed by atoms with Gasteiger partial charge in [-0.05, 0) is 36.4 Å². The molecular weight excluding hydrogens is 304 g/mol. The van der Waals surface area contributed by atoms with Gasteiger partial charge in [-0.15, -0.1) is 0 Å². The first-order valence-corrected chi connectivity index (χ1v) is 6.56. The molecule has 94 valence electrons. The summed E-state index contributed by atoms with van der Waals surface area (Å²) in [5.74, 6) is 0.961. The van der Waals surface area contributed by atoms with Crippen LogP contribution < -0.4 is 11.1 Å². The number of benzene rings is 2. The lowest BCUT2D eigenvalue weighted by Gasteiger charge is -2.09. The van der Waals surface area contributed by atoms with Crippen LogP contribution in [-0.2, 0) is 0 Å². The van der Waals surface area contributed by atoms with Gasteiger partial charge in [-0.2, -0.15) is 0 Å². The van der Waals surface area contributed by atoms with E-state index >= 15 is 0 Å². The second-order valence-electron chi connectivity index (χ2n) is 4.08. The minimum Gasteiger partial charge on any atom is -0.381 e. The van der Waals surface area contributed by atoms with E-state index in [2.05, 4.69) is 31.2 Å². The van der Waals surface area contributed by atoms with Gasteiger partial charge < -0.3 is 11.1 Å². The second-order valence-corrected chi connectivity index (χ2v) is 4.99. The molecule has 0 saturated heterocycles. The number of rotatable bonds is 2. The van der Waals surface area contributed by atoms with E-state index in [4.69, 9.17) is 5.73 Å². The first-order valence-electron chi connectivity index (χ1n) is 5.77. The number of nitrogen functional groups attached to an aromatic ring is 1. The fraction of sp³-hybridized carbons (Fsp3) is 0. The van der Waals surface area contributed by atoms with Crippen molar-refractivity contribution in [2.24, 2.45) is 0 Å². The Bertz CT molecular complexity index is 725. The highest BCUT2D eigenvalue weighted by atomic mass is 79.9. The van der Waals surface area contributed by atoms with Crippen LogP contribution in [0.15, 0.2) is 53.0 Å². The molecule has 0 saturated carbocycles. The first-order chi connectivity index (χ1) is 9.22. The van der Waals surface area contributed by atoms with Crippen LogP contribution in [0.1, 0.15) is 0 Å². The van der Waals surface area contributed by atoms with Crippen molar-refractivity contribution in [2.75, 3.05) is 11.1 Å². The number of nitrogens with two attached hydrogens (primary N) is 1. The number of fused-ring (bicyclic) bond motifs is 1. The normalized spacial score (nSPS) is 10.6. The maximum atomic E-state index is 5.92. The highest BCUT2D eigenvalue weighted by molar-refractivity contribution is 9.10. The summed E-state index contributed by atoms with van der Waals surface area (Å²) < 4.78 is 1.02. The van der Waals surface area contributed by atoms with Crippen LogP contribution >= 0.6 is 15.9 Å². The molecule has 0 spiro atoms. The predicted octanol–water partition coefficient (Wildman–Crippen LogP) is 3.72. The average Bonchev–Trinajstić information content (AvgIpc) is 2.42. The van der Waals surface area contributed by atoms with Gasteiger partial charge in [0.1, 0.15) is 0 Å². The molecule has 1 heterocycles. The fourth-order valence-corrected chi connectivity index (χ4v) is 2.04. The van der Waals surface area contributed by atoms with Crippen molar-refractivity contribution >= 4 is 44.3 Å². The summed E-state index contributed by atoms with van der Waals surface area (Å²) in [6.07, 6.45) is 0. The van der Waals surface area contributed by atoms with Crippen LogP contribution in [0.25, 0.3) is 11.0 Å². The van der Waals surface area contributed by atoms with E-state index in [1.54, 1.807) is 0 Å². The highest BCUT2D eigenvalue weighted by Gasteiger charge is 2.05. The second kappa shape index (κ2) is 4.85. The summed E-state index contributed by atoms with van der Waals surface area (Å²) in [7, 11) is 0. The SMILES string of the molecule is Nc1nc2ccccc2nc1Nc1ccc(Br)cc1. The van der Waals surface area contributed by atoms with Crippen molar-refractivity contribution in [3.8, 4) is 0 Å². The maximum Gasteiger partial charge on any atom is 0.174 e. The first kappa shape index (κ1) is 11.9. The predicted molar refractivity (Wildman–Crippen MR) is 81.4 cm³/mol. The van der Waals surface area contributed by atoms with Crippen molar-refractivity contribution < 1.29 is 0 Å². The lowest BCUT2D eigenvalue weighted by Crippen LogP contribution is -2.02. The number of halogens is 1. The molecule has 3 rings (SSSR count). The van der Waals surface area contributed by atoms with E-state index in [1.807, 2.05) is 48.5 Å². The molecule has 1 aromatic heterocycles. The van der Waals surface area contributed by atoms with E-state index in [-0.39, 0.29) is 0 Å². The molecular formula is C14H11BrN4. The number of nitrogens with zero attached hydrogens (tertiary/aromatic N) is 2. The van der Waals surface area contributed by atoms with Crippen molar-refractivity contribution in [3.63, 3.8) is 0 Å². The third-order valence-electron chi connectivity index (χ3n) is 2.70. The molecule has 0 unspecified atom stereocenters. The zero-order chi connectivity index (χ0) is 13.2. The summed E-state index contributed by atoms with van der Waals surface area (Å²) in [5, 5.41) is 3.17.